The Balaban J connectivity index is 2.02. The number of benzene rings is 1. The number of nitrogens with one attached hydrogen (secondary N) is 1. The summed E-state index contributed by atoms with van der Waals surface area (Å²) in [5.74, 6) is 0.627. The van der Waals surface area contributed by atoms with Crippen LogP contribution in [0.2, 0.25) is 0 Å². The fourth-order valence-electron chi connectivity index (χ4n) is 2.16. The van der Waals surface area contributed by atoms with Crippen LogP contribution in [0.25, 0.3) is 0 Å². The molecule has 6 heteroatoms. The maximum atomic E-state index is 12.1. The van der Waals surface area contributed by atoms with Crippen molar-refractivity contribution in [2.75, 3.05) is 18.6 Å². The molecule has 2 N–H and O–H groups in total. The SMILES string of the molecule is COc1cccc(CC(=O)N[C@@]2(C(=O)O)CCSC2)c1. The van der Waals surface area contributed by atoms with Crippen LogP contribution in [0.5, 0.6) is 5.75 Å². The van der Waals surface area contributed by atoms with Gasteiger partial charge in [-0.3, -0.25) is 4.79 Å². The second kappa shape index (κ2) is 6.17. The van der Waals surface area contributed by atoms with E-state index in [0.717, 1.165) is 11.3 Å². The van der Waals surface area contributed by atoms with E-state index in [9.17, 15) is 14.7 Å². The molecule has 5 nitrogen and oxygen atoms in total. The van der Waals surface area contributed by atoms with Crippen LogP contribution in [-0.4, -0.2) is 41.1 Å². The van der Waals surface area contributed by atoms with Gasteiger partial charge >= 0.3 is 5.97 Å². The third kappa shape index (κ3) is 3.25. The molecule has 0 radical (unpaired) electrons. The van der Waals surface area contributed by atoms with Crippen LogP contribution in [0.3, 0.4) is 0 Å². The van der Waals surface area contributed by atoms with Crippen molar-refractivity contribution in [1.82, 2.24) is 5.32 Å². The van der Waals surface area contributed by atoms with Crippen LogP contribution in [0.15, 0.2) is 24.3 Å². The highest BCUT2D eigenvalue weighted by atomic mass is 32.2. The van der Waals surface area contributed by atoms with E-state index in [-0.39, 0.29) is 12.3 Å². The lowest BCUT2D eigenvalue weighted by molar-refractivity contribution is -0.146. The standard InChI is InChI=1S/C14H17NO4S/c1-19-11-4-2-3-10(7-11)8-12(16)15-14(13(17)18)5-6-20-9-14/h2-4,7H,5-6,8-9H2,1H3,(H,15,16)(H,17,18)/t14-/m0/s1. The first-order valence-corrected chi connectivity index (χ1v) is 7.46. The van der Waals surface area contributed by atoms with Gasteiger partial charge in [0.25, 0.3) is 0 Å². The molecule has 1 aromatic rings. The molecule has 0 aliphatic carbocycles. The lowest BCUT2D eigenvalue weighted by Gasteiger charge is -2.24. The summed E-state index contributed by atoms with van der Waals surface area (Å²) >= 11 is 1.55. The van der Waals surface area contributed by atoms with Crippen LogP contribution in [0.4, 0.5) is 0 Å². The number of rotatable bonds is 5. The highest BCUT2D eigenvalue weighted by Crippen LogP contribution is 2.28. The van der Waals surface area contributed by atoms with Crippen LogP contribution in [0, 0.1) is 0 Å². The summed E-state index contributed by atoms with van der Waals surface area (Å²) in [5, 5.41) is 12.0. The van der Waals surface area contributed by atoms with Crippen molar-refractivity contribution in [1.29, 1.82) is 0 Å². The van der Waals surface area contributed by atoms with Crippen molar-refractivity contribution in [3.05, 3.63) is 29.8 Å². The van der Waals surface area contributed by atoms with Crippen molar-refractivity contribution >= 4 is 23.6 Å². The van der Waals surface area contributed by atoms with Gasteiger partial charge in [-0.15, -0.1) is 0 Å². The van der Waals surface area contributed by atoms with Gasteiger partial charge in [-0.25, -0.2) is 4.79 Å². The summed E-state index contributed by atoms with van der Waals surface area (Å²) in [6.07, 6.45) is 0.619. The van der Waals surface area contributed by atoms with E-state index in [1.807, 2.05) is 6.07 Å². The fourth-order valence-corrected chi connectivity index (χ4v) is 3.49. The summed E-state index contributed by atoms with van der Waals surface area (Å²) in [6.45, 7) is 0. The number of methoxy groups -OCH3 is 1. The van der Waals surface area contributed by atoms with Crippen LogP contribution in [-0.2, 0) is 16.0 Å². The maximum absolute atomic E-state index is 12.1. The molecule has 0 bridgehead atoms. The number of carbonyl (C=O) groups excluding carboxylic acids is 1. The zero-order chi connectivity index (χ0) is 14.6. The average molecular weight is 295 g/mol. The molecule has 1 atom stereocenters. The van der Waals surface area contributed by atoms with Crippen molar-refractivity contribution in [3.63, 3.8) is 0 Å². The number of thioether (sulfide) groups is 1. The first kappa shape index (κ1) is 14.7. The Hall–Kier alpha value is -1.69. The van der Waals surface area contributed by atoms with Crippen LogP contribution < -0.4 is 10.1 Å². The first-order valence-electron chi connectivity index (χ1n) is 6.31. The van der Waals surface area contributed by atoms with Gasteiger partial charge in [-0.05, 0) is 29.9 Å². The maximum Gasteiger partial charge on any atom is 0.330 e. The topological polar surface area (TPSA) is 75.6 Å². The van der Waals surface area contributed by atoms with E-state index >= 15 is 0 Å². The molecule has 0 saturated carbocycles. The molecule has 1 amide bonds. The number of aliphatic carboxylic acids is 1. The Morgan fingerprint density at radius 2 is 2.30 bits per heavy atom. The molecule has 2 rings (SSSR count). The Labute approximate surface area is 121 Å². The Morgan fingerprint density at radius 1 is 1.50 bits per heavy atom. The molecule has 1 fully saturated rings. The van der Waals surface area contributed by atoms with Gasteiger partial charge < -0.3 is 15.2 Å². The molecular weight excluding hydrogens is 278 g/mol. The largest absolute Gasteiger partial charge is 0.497 e. The third-order valence-corrected chi connectivity index (χ3v) is 4.50. The molecule has 0 aromatic heterocycles. The van der Waals surface area contributed by atoms with Gasteiger partial charge in [0.1, 0.15) is 11.3 Å². The third-order valence-electron chi connectivity index (χ3n) is 3.31. The zero-order valence-electron chi connectivity index (χ0n) is 11.2. The number of hydrogen-bond acceptors (Lipinski definition) is 4. The smallest absolute Gasteiger partial charge is 0.330 e. The number of carboxylic acids is 1. The second-order valence-electron chi connectivity index (χ2n) is 4.77. The number of amides is 1. The van der Waals surface area contributed by atoms with Gasteiger partial charge in [-0.2, -0.15) is 11.8 Å². The van der Waals surface area contributed by atoms with Crippen LogP contribution >= 0.6 is 11.8 Å². The Kier molecular flexibility index (Phi) is 4.54. The van der Waals surface area contributed by atoms with E-state index in [1.54, 1.807) is 37.1 Å². The Morgan fingerprint density at radius 3 is 2.90 bits per heavy atom. The summed E-state index contributed by atoms with van der Waals surface area (Å²) in [4.78, 5) is 23.4. The predicted octanol–water partition coefficient (Wildman–Crippen LogP) is 1.31. The van der Waals surface area contributed by atoms with Gasteiger partial charge in [-0.1, -0.05) is 12.1 Å². The van der Waals surface area contributed by atoms with Crippen molar-refractivity contribution in [2.24, 2.45) is 0 Å². The minimum absolute atomic E-state index is 0.150. The van der Waals surface area contributed by atoms with Crippen molar-refractivity contribution in [2.45, 2.75) is 18.4 Å². The molecule has 1 aromatic carbocycles. The molecule has 0 spiro atoms. The van der Waals surface area contributed by atoms with E-state index in [0.29, 0.717) is 17.9 Å². The molecule has 0 unspecified atom stereocenters. The lowest BCUT2D eigenvalue weighted by atomic mass is 9.98. The Bertz CT molecular complexity index is 512. The highest BCUT2D eigenvalue weighted by Gasteiger charge is 2.43. The summed E-state index contributed by atoms with van der Waals surface area (Å²) in [7, 11) is 1.56. The summed E-state index contributed by atoms with van der Waals surface area (Å²) < 4.78 is 5.10. The van der Waals surface area contributed by atoms with E-state index < -0.39 is 11.5 Å². The molecule has 1 heterocycles. The number of carbonyl (C=O) groups is 2. The van der Waals surface area contributed by atoms with Gasteiger partial charge in [0.15, 0.2) is 0 Å². The molecule has 108 valence electrons. The predicted molar refractivity (Wildman–Crippen MR) is 77.1 cm³/mol. The number of carboxylic acid groups (broad SMARTS) is 1. The van der Waals surface area contributed by atoms with E-state index in [1.165, 1.54) is 0 Å². The molecule has 1 aliphatic rings. The zero-order valence-corrected chi connectivity index (χ0v) is 12.0. The minimum atomic E-state index is -1.11. The normalized spacial score (nSPS) is 21.4. The van der Waals surface area contributed by atoms with Gasteiger partial charge in [0, 0.05) is 5.75 Å². The van der Waals surface area contributed by atoms with Crippen molar-refractivity contribution < 1.29 is 19.4 Å². The molecule has 20 heavy (non-hydrogen) atoms. The molecule has 1 aliphatic heterocycles. The van der Waals surface area contributed by atoms with Gasteiger partial charge in [0.05, 0.1) is 13.5 Å². The van der Waals surface area contributed by atoms with E-state index in [2.05, 4.69) is 5.32 Å². The number of hydrogen-bond donors (Lipinski definition) is 2. The van der Waals surface area contributed by atoms with Gasteiger partial charge in [0.2, 0.25) is 5.91 Å². The monoisotopic (exact) mass is 295 g/mol. The quantitative estimate of drug-likeness (QED) is 0.856. The molecular formula is C14H17NO4S. The van der Waals surface area contributed by atoms with E-state index in [4.69, 9.17) is 4.74 Å². The minimum Gasteiger partial charge on any atom is -0.497 e. The fraction of sp³-hybridized carbons (Fsp3) is 0.429. The average Bonchev–Trinajstić information content (AvgIpc) is 2.88. The summed E-state index contributed by atoms with van der Waals surface area (Å²) in [5.41, 5.74) is -0.311. The van der Waals surface area contributed by atoms with Crippen molar-refractivity contribution in [3.8, 4) is 5.75 Å². The second-order valence-corrected chi connectivity index (χ2v) is 5.87. The number of ether oxygens (including phenoxy) is 1. The highest BCUT2D eigenvalue weighted by molar-refractivity contribution is 7.99. The lowest BCUT2D eigenvalue weighted by Crippen LogP contribution is -2.55. The van der Waals surface area contributed by atoms with Crippen LogP contribution in [0.1, 0.15) is 12.0 Å². The first-order chi connectivity index (χ1) is 9.55. The summed E-state index contributed by atoms with van der Waals surface area (Å²) in [6, 6.07) is 7.20. The molecule has 1 saturated heterocycles.